The second-order valence-corrected chi connectivity index (χ2v) is 16.0. The quantitative estimate of drug-likeness (QED) is 0.0828. The highest BCUT2D eigenvalue weighted by atomic mass is 16.8. The fourth-order valence-corrected chi connectivity index (χ4v) is 7.76. The average Bonchev–Trinajstić information content (AvgIpc) is 3.40. The molecule has 2 aliphatic rings. The Bertz CT molecular complexity index is 2710. The summed E-state index contributed by atoms with van der Waals surface area (Å²) in [5, 5.41) is 11.8. The fraction of sp³-hybridized carbons (Fsp3) is 0.222. The summed E-state index contributed by atoms with van der Waals surface area (Å²) in [5.41, 5.74) is 0.526. The molecule has 0 radical (unpaired) electrons. The number of benzene rings is 6. The van der Waals surface area contributed by atoms with Crippen LogP contribution in [0.2, 0.25) is 0 Å². The summed E-state index contributed by atoms with van der Waals surface area (Å²) >= 11 is 0. The van der Waals surface area contributed by atoms with E-state index in [9.17, 15) is 33.9 Å². The number of ether oxygens (including phenoxy) is 9. The molecule has 358 valence electrons. The van der Waals surface area contributed by atoms with Crippen molar-refractivity contribution >= 4 is 35.8 Å². The topological polar surface area (TPSA) is 206 Å². The largest absolute Gasteiger partial charge is 0.459 e. The molecule has 6 aromatic rings. The second-order valence-electron chi connectivity index (χ2n) is 16.0. The molecule has 10 atom stereocenters. The first-order valence-electron chi connectivity index (χ1n) is 22.2. The SMILES string of the molecule is C[C@@H]1O[C@@H](O)[C@H](O[C@@H]2O[C@H](COC(=O)c3ccccc3)[C@@H](OC(=O)c3ccccc3)[C@H](OC(=O)c3ccccc3)[C@H]2OC(=O)c2ccccc2)[C@H](OC(=O)c2ccccc2)[C@H]1OC(=O)c1ccccc1. The summed E-state index contributed by atoms with van der Waals surface area (Å²) in [7, 11) is 0. The molecule has 2 aliphatic heterocycles. The molecule has 6 aromatic carbocycles. The van der Waals surface area contributed by atoms with Crippen molar-refractivity contribution in [3.63, 3.8) is 0 Å². The van der Waals surface area contributed by atoms with Crippen molar-refractivity contribution in [3.05, 3.63) is 215 Å². The lowest BCUT2D eigenvalue weighted by Gasteiger charge is -2.48. The molecular formula is C54H46O16. The van der Waals surface area contributed by atoms with Gasteiger partial charge in [-0.05, 0) is 79.7 Å². The van der Waals surface area contributed by atoms with E-state index in [1.165, 1.54) is 79.7 Å². The summed E-state index contributed by atoms with van der Waals surface area (Å²) in [6.07, 6.45) is -17.2. The van der Waals surface area contributed by atoms with Crippen molar-refractivity contribution in [1.82, 2.24) is 0 Å². The van der Waals surface area contributed by atoms with E-state index in [-0.39, 0.29) is 33.4 Å². The van der Waals surface area contributed by atoms with Crippen molar-refractivity contribution in [2.45, 2.75) is 68.3 Å². The third kappa shape index (κ3) is 11.8. The van der Waals surface area contributed by atoms with E-state index in [2.05, 4.69) is 0 Å². The van der Waals surface area contributed by atoms with Crippen LogP contribution in [0.5, 0.6) is 0 Å². The van der Waals surface area contributed by atoms with Gasteiger partial charge in [-0.1, -0.05) is 109 Å². The van der Waals surface area contributed by atoms with Crippen LogP contribution in [0.25, 0.3) is 0 Å². The van der Waals surface area contributed by atoms with Crippen LogP contribution in [0, 0.1) is 0 Å². The van der Waals surface area contributed by atoms with E-state index in [0.29, 0.717) is 0 Å². The molecule has 0 unspecified atom stereocenters. The standard InChI is InChI=1S/C54H46O16/c1-33-41(65-48(56)35-22-10-3-11-23-35)43(67-50(58)37-26-14-5-15-27-37)45(53(61)63-33)70-54-46(69-52(60)39-30-18-7-19-31-39)44(68-51(59)38-28-16-6-17-29-38)42(66-49(57)36-24-12-4-13-25-36)40(64-54)32-62-47(55)34-20-8-2-9-21-34/h2-31,33,40-46,53-54,61H,32H2,1H3/t33-,40+,41-,42+,43+,44-,45+,46+,53+,54-/m0/s1. The number of carbonyl (C=O) groups is 6. The zero-order valence-corrected chi connectivity index (χ0v) is 37.4. The first-order valence-corrected chi connectivity index (χ1v) is 22.2. The first-order chi connectivity index (χ1) is 34.0. The number of aliphatic hydroxyl groups excluding tert-OH is 1. The van der Waals surface area contributed by atoms with Gasteiger partial charge in [0.2, 0.25) is 0 Å². The maximum Gasteiger partial charge on any atom is 0.338 e. The lowest BCUT2D eigenvalue weighted by atomic mass is 9.96. The van der Waals surface area contributed by atoms with Crippen LogP contribution in [-0.2, 0) is 42.6 Å². The second kappa shape index (κ2) is 22.9. The number of rotatable bonds is 15. The number of carbonyl (C=O) groups excluding carboxylic acids is 6. The van der Waals surface area contributed by atoms with Gasteiger partial charge in [-0.2, -0.15) is 0 Å². The minimum atomic E-state index is -1.98. The summed E-state index contributed by atoms with van der Waals surface area (Å²) in [6.45, 7) is 0.790. The molecule has 0 spiro atoms. The van der Waals surface area contributed by atoms with Gasteiger partial charge in [0.15, 0.2) is 49.2 Å². The Balaban J connectivity index is 1.23. The number of hydrogen-bond donors (Lipinski definition) is 1. The van der Waals surface area contributed by atoms with Crippen LogP contribution in [0.1, 0.15) is 69.1 Å². The molecule has 0 aliphatic carbocycles. The summed E-state index contributed by atoms with van der Waals surface area (Å²) in [5.74, 6) is -5.44. The molecule has 0 aromatic heterocycles. The monoisotopic (exact) mass is 950 g/mol. The van der Waals surface area contributed by atoms with Crippen LogP contribution in [0.4, 0.5) is 0 Å². The van der Waals surface area contributed by atoms with Crippen molar-refractivity contribution < 1.29 is 76.5 Å². The number of aliphatic hydroxyl groups is 1. The highest BCUT2D eigenvalue weighted by Crippen LogP contribution is 2.36. The maximum atomic E-state index is 14.2. The maximum absolute atomic E-state index is 14.2. The van der Waals surface area contributed by atoms with Gasteiger partial charge < -0.3 is 47.7 Å². The molecule has 8 rings (SSSR count). The van der Waals surface area contributed by atoms with Crippen molar-refractivity contribution in [2.75, 3.05) is 6.61 Å². The zero-order chi connectivity index (χ0) is 49.0. The Hall–Kier alpha value is -8.02. The minimum Gasteiger partial charge on any atom is -0.459 e. The highest BCUT2D eigenvalue weighted by Gasteiger charge is 2.57. The molecule has 1 N–H and O–H groups in total. The van der Waals surface area contributed by atoms with E-state index < -0.39 is 104 Å². The Morgan fingerprint density at radius 2 is 0.686 bits per heavy atom. The van der Waals surface area contributed by atoms with Crippen LogP contribution in [0.3, 0.4) is 0 Å². The molecule has 0 bridgehead atoms. The van der Waals surface area contributed by atoms with Gasteiger partial charge >= 0.3 is 35.8 Å². The normalized spacial score (nSPS) is 23.9. The van der Waals surface area contributed by atoms with Gasteiger partial charge in [0.05, 0.1) is 39.5 Å². The van der Waals surface area contributed by atoms with Gasteiger partial charge in [0, 0.05) is 0 Å². The lowest BCUT2D eigenvalue weighted by molar-refractivity contribution is -0.356. The van der Waals surface area contributed by atoms with Crippen molar-refractivity contribution in [1.29, 1.82) is 0 Å². The number of esters is 6. The van der Waals surface area contributed by atoms with E-state index >= 15 is 0 Å². The Morgan fingerprint density at radius 1 is 0.386 bits per heavy atom. The van der Waals surface area contributed by atoms with Gasteiger partial charge in [-0.25, -0.2) is 28.8 Å². The third-order valence-electron chi connectivity index (χ3n) is 11.3. The van der Waals surface area contributed by atoms with Crippen LogP contribution in [-0.4, -0.2) is 109 Å². The molecule has 16 nitrogen and oxygen atoms in total. The highest BCUT2D eigenvalue weighted by molar-refractivity contribution is 5.92. The van der Waals surface area contributed by atoms with Gasteiger partial charge in [0.1, 0.15) is 12.7 Å². The van der Waals surface area contributed by atoms with Crippen LogP contribution >= 0.6 is 0 Å². The van der Waals surface area contributed by atoms with Gasteiger partial charge in [-0.15, -0.1) is 0 Å². The summed E-state index contributed by atoms with van der Waals surface area (Å²) < 4.78 is 55.2. The average molecular weight is 951 g/mol. The fourth-order valence-electron chi connectivity index (χ4n) is 7.76. The predicted octanol–water partition coefficient (Wildman–Crippen LogP) is 6.82. The van der Waals surface area contributed by atoms with E-state index in [1.807, 2.05) is 0 Å². The molecule has 2 fully saturated rings. The molecule has 2 heterocycles. The van der Waals surface area contributed by atoms with Gasteiger partial charge in [0.25, 0.3) is 0 Å². The summed E-state index contributed by atoms with van der Waals surface area (Å²) in [6, 6.07) is 47.1. The third-order valence-corrected chi connectivity index (χ3v) is 11.3. The minimum absolute atomic E-state index is 0.0311. The van der Waals surface area contributed by atoms with Crippen LogP contribution in [0.15, 0.2) is 182 Å². The summed E-state index contributed by atoms with van der Waals surface area (Å²) in [4.78, 5) is 83.5. The van der Waals surface area contributed by atoms with E-state index in [1.54, 1.807) is 109 Å². The first kappa shape index (κ1) is 48.4. The lowest BCUT2D eigenvalue weighted by Crippen LogP contribution is -2.66. The zero-order valence-electron chi connectivity index (χ0n) is 37.4. The van der Waals surface area contributed by atoms with E-state index in [4.69, 9.17) is 42.6 Å². The molecule has 0 amide bonds. The number of hydrogen-bond acceptors (Lipinski definition) is 16. The molecule has 16 heteroatoms. The predicted molar refractivity (Wildman–Crippen MR) is 245 cm³/mol. The van der Waals surface area contributed by atoms with E-state index in [0.717, 1.165) is 0 Å². The van der Waals surface area contributed by atoms with Crippen molar-refractivity contribution in [3.8, 4) is 0 Å². The Labute approximate surface area is 401 Å². The van der Waals surface area contributed by atoms with Crippen LogP contribution < -0.4 is 0 Å². The molecule has 2 saturated heterocycles. The smallest absolute Gasteiger partial charge is 0.338 e. The van der Waals surface area contributed by atoms with Crippen molar-refractivity contribution in [2.24, 2.45) is 0 Å². The molecule has 70 heavy (non-hydrogen) atoms. The molecule has 0 saturated carbocycles. The Kier molecular flexibility index (Phi) is 15.8. The van der Waals surface area contributed by atoms with Gasteiger partial charge in [-0.3, -0.25) is 0 Å². The Morgan fingerprint density at radius 3 is 1.06 bits per heavy atom. The molecular weight excluding hydrogens is 905 g/mol.